The third-order valence-electron chi connectivity index (χ3n) is 3.41. The number of nitrogens with one attached hydrogen (secondary N) is 1. The maximum Gasteiger partial charge on any atom is 0.416 e. The Balaban J connectivity index is 0.00000109. The predicted octanol–water partition coefficient (Wildman–Crippen LogP) is 4.60. The maximum atomic E-state index is 12.5. The smallest absolute Gasteiger partial charge is 0.416 e. The van der Waals surface area contributed by atoms with Crippen LogP contribution in [0.1, 0.15) is 32.3 Å². The number of rotatable bonds is 3. The molecule has 0 saturated heterocycles. The van der Waals surface area contributed by atoms with E-state index in [0.29, 0.717) is 10.7 Å². The van der Waals surface area contributed by atoms with Crippen molar-refractivity contribution in [2.75, 3.05) is 5.75 Å². The Morgan fingerprint density at radius 3 is 2.36 bits per heavy atom. The van der Waals surface area contributed by atoms with Crippen molar-refractivity contribution < 1.29 is 23.1 Å². The van der Waals surface area contributed by atoms with Crippen molar-refractivity contribution in [2.24, 2.45) is 4.99 Å². The van der Waals surface area contributed by atoms with E-state index >= 15 is 0 Å². The first-order valence-electron chi connectivity index (χ1n) is 7.96. The number of aliphatic imine (C=N–C) groups is 1. The summed E-state index contributed by atoms with van der Waals surface area (Å²) >= 11 is 1.18. The molecule has 0 aromatic heterocycles. The van der Waals surface area contributed by atoms with Gasteiger partial charge >= 0.3 is 6.18 Å². The Morgan fingerprint density at radius 2 is 1.84 bits per heavy atom. The lowest BCUT2D eigenvalue weighted by atomic mass is 10.2. The van der Waals surface area contributed by atoms with Gasteiger partial charge in [0.2, 0.25) is 0 Å². The molecule has 1 aliphatic carbocycles. The number of nitrogens with zero attached hydrogens (tertiary/aromatic N) is 1. The SMILES string of the molecule is CC.O=C(NC1CC1)C1=C(O)CSC1=Nc1ccc(C(F)(F)F)cc1. The molecule has 0 spiro atoms. The van der Waals surface area contributed by atoms with Crippen molar-refractivity contribution in [2.45, 2.75) is 38.9 Å². The number of thioether (sulfide) groups is 1. The lowest BCUT2D eigenvalue weighted by Crippen LogP contribution is -2.29. The van der Waals surface area contributed by atoms with Crippen molar-refractivity contribution in [3.8, 4) is 0 Å². The molecular weight excluding hydrogens is 353 g/mol. The third kappa shape index (κ3) is 5.01. The molecule has 3 rings (SSSR count). The molecule has 1 saturated carbocycles. The fourth-order valence-corrected chi connectivity index (χ4v) is 2.99. The van der Waals surface area contributed by atoms with Crippen LogP contribution in [0.3, 0.4) is 0 Å². The summed E-state index contributed by atoms with van der Waals surface area (Å²) < 4.78 is 37.6. The Hall–Kier alpha value is -1.96. The summed E-state index contributed by atoms with van der Waals surface area (Å²) in [4.78, 5) is 16.3. The fraction of sp³-hybridized carbons (Fsp3) is 0.412. The molecule has 0 bridgehead atoms. The first-order chi connectivity index (χ1) is 11.8. The van der Waals surface area contributed by atoms with Crippen molar-refractivity contribution in [3.05, 3.63) is 41.2 Å². The standard InChI is InChI=1S/C15H13F3N2O2S.C2H6/c16-15(17,18)8-1-3-10(4-2-8)20-14-12(11(21)7-23-14)13(22)19-9-5-6-9;1-2/h1-4,9,21H,5-7H2,(H,19,22);1-2H3. The lowest BCUT2D eigenvalue weighted by Gasteiger charge is -2.07. The molecule has 136 valence electrons. The van der Waals surface area contributed by atoms with Crippen LogP contribution in [0.2, 0.25) is 0 Å². The van der Waals surface area contributed by atoms with Crippen LogP contribution in [0.25, 0.3) is 0 Å². The largest absolute Gasteiger partial charge is 0.510 e. The normalized spacial score (nSPS) is 18.8. The number of hydrogen-bond donors (Lipinski definition) is 2. The molecule has 1 amide bonds. The predicted molar refractivity (Wildman–Crippen MR) is 93.2 cm³/mol. The Morgan fingerprint density at radius 1 is 1.24 bits per heavy atom. The van der Waals surface area contributed by atoms with Crippen LogP contribution >= 0.6 is 11.8 Å². The highest BCUT2D eigenvalue weighted by Gasteiger charge is 2.32. The minimum absolute atomic E-state index is 0.0567. The number of carbonyl (C=O) groups excluding carboxylic acids is 1. The molecule has 0 atom stereocenters. The van der Waals surface area contributed by atoms with E-state index in [4.69, 9.17) is 0 Å². The van der Waals surface area contributed by atoms with Crippen LogP contribution in [0.4, 0.5) is 18.9 Å². The second-order valence-corrected chi connectivity index (χ2v) is 6.28. The van der Waals surface area contributed by atoms with Gasteiger partial charge in [-0.3, -0.25) is 4.79 Å². The van der Waals surface area contributed by atoms with E-state index in [9.17, 15) is 23.1 Å². The van der Waals surface area contributed by atoms with Gasteiger partial charge in [-0.25, -0.2) is 4.99 Å². The minimum atomic E-state index is -4.40. The van der Waals surface area contributed by atoms with E-state index in [-0.39, 0.29) is 29.0 Å². The number of aliphatic hydroxyl groups is 1. The number of carbonyl (C=O) groups is 1. The van der Waals surface area contributed by atoms with E-state index in [1.54, 1.807) is 0 Å². The molecule has 1 fully saturated rings. The zero-order chi connectivity index (χ0) is 18.6. The number of alkyl halides is 3. The Kier molecular flexibility index (Phi) is 6.16. The van der Waals surface area contributed by atoms with Crippen molar-refractivity contribution >= 4 is 28.4 Å². The number of aliphatic hydroxyl groups excluding tert-OH is 1. The summed E-state index contributed by atoms with van der Waals surface area (Å²) in [5.74, 6) is -0.216. The van der Waals surface area contributed by atoms with E-state index in [1.165, 1.54) is 23.9 Å². The fourth-order valence-electron chi connectivity index (χ4n) is 2.05. The maximum absolute atomic E-state index is 12.5. The summed E-state index contributed by atoms with van der Waals surface area (Å²) in [5, 5.41) is 13.0. The highest BCUT2D eigenvalue weighted by atomic mass is 32.2. The van der Waals surface area contributed by atoms with Gasteiger partial charge in [0.1, 0.15) is 16.4 Å². The molecule has 8 heteroatoms. The van der Waals surface area contributed by atoms with Gasteiger partial charge in [0.15, 0.2) is 0 Å². The highest BCUT2D eigenvalue weighted by molar-refractivity contribution is 8.15. The van der Waals surface area contributed by atoms with Crippen LogP contribution in [0.5, 0.6) is 0 Å². The van der Waals surface area contributed by atoms with Gasteiger partial charge in [-0.15, -0.1) is 0 Å². The molecule has 1 aromatic rings. The second kappa shape index (κ2) is 7.95. The monoisotopic (exact) mass is 372 g/mol. The van der Waals surface area contributed by atoms with E-state index in [0.717, 1.165) is 25.0 Å². The number of benzene rings is 1. The number of halogens is 3. The van der Waals surface area contributed by atoms with Gasteiger partial charge in [0, 0.05) is 6.04 Å². The molecule has 2 N–H and O–H groups in total. The first kappa shape index (κ1) is 19.4. The highest BCUT2D eigenvalue weighted by Crippen LogP contribution is 2.33. The molecule has 2 aliphatic rings. The van der Waals surface area contributed by atoms with E-state index in [1.807, 2.05) is 13.8 Å². The molecule has 1 heterocycles. The molecule has 1 aromatic carbocycles. The van der Waals surface area contributed by atoms with Crippen molar-refractivity contribution in [1.29, 1.82) is 0 Å². The summed E-state index contributed by atoms with van der Waals surface area (Å²) in [6, 6.07) is 4.49. The van der Waals surface area contributed by atoms with Gasteiger partial charge in [0.05, 0.1) is 17.0 Å². The van der Waals surface area contributed by atoms with Gasteiger partial charge in [-0.05, 0) is 37.1 Å². The molecule has 0 radical (unpaired) electrons. The van der Waals surface area contributed by atoms with Gasteiger partial charge < -0.3 is 10.4 Å². The lowest BCUT2D eigenvalue weighted by molar-refractivity contribution is -0.137. The van der Waals surface area contributed by atoms with Crippen LogP contribution in [-0.2, 0) is 11.0 Å². The van der Waals surface area contributed by atoms with Gasteiger partial charge in [-0.2, -0.15) is 13.2 Å². The van der Waals surface area contributed by atoms with Crippen LogP contribution < -0.4 is 5.32 Å². The second-order valence-electron chi connectivity index (χ2n) is 5.32. The summed E-state index contributed by atoms with van der Waals surface area (Å²) in [6.07, 6.45) is -2.57. The minimum Gasteiger partial charge on any atom is -0.510 e. The average Bonchev–Trinajstić information content (AvgIpc) is 3.31. The van der Waals surface area contributed by atoms with E-state index < -0.39 is 11.7 Å². The quantitative estimate of drug-likeness (QED) is 0.815. The number of hydrogen-bond acceptors (Lipinski definition) is 4. The Labute approximate surface area is 148 Å². The van der Waals surface area contributed by atoms with E-state index in [2.05, 4.69) is 10.3 Å². The molecule has 4 nitrogen and oxygen atoms in total. The van der Waals surface area contributed by atoms with Crippen LogP contribution in [-0.4, -0.2) is 27.9 Å². The zero-order valence-electron chi connectivity index (χ0n) is 13.9. The molecular formula is C17H19F3N2O2S. The average molecular weight is 372 g/mol. The zero-order valence-corrected chi connectivity index (χ0v) is 14.7. The third-order valence-corrected chi connectivity index (χ3v) is 4.40. The Bertz CT molecular complexity index is 693. The summed E-state index contributed by atoms with van der Waals surface area (Å²) in [5.41, 5.74) is -0.348. The summed E-state index contributed by atoms with van der Waals surface area (Å²) in [6.45, 7) is 4.00. The molecule has 25 heavy (non-hydrogen) atoms. The van der Waals surface area contributed by atoms with Gasteiger partial charge in [-0.1, -0.05) is 25.6 Å². The first-order valence-corrected chi connectivity index (χ1v) is 8.95. The molecule has 0 unspecified atom stereocenters. The van der Waals surface area contributed by atoms with Crippen LogP contribution in [0, 0.1) is 0 Å². The van der Waals surface area contributed by atoms with Crippen molar-refractivity contribution in [3.63, 3.8) is 0 Å². The van der Waals surface area contributed by atoms with Gasteiger partial charge in [0.25, 0.3) is 5.91 Å². The van der Waals surface area contributed by atoms with Crippen molar-refractivity contribution in [1.82, 2.24) is 5.32 Å². The van der Waals surface area contributed by atoms with Crippen LogP contribution in [0.15, 0.2) is 40.6 Å². The number of amides is 1. The summed E-state index contributed by atoms with van der Waals surface area (Å²) in [7, 11) is 0. The molecule has 1 aliphatic heterocycles. The topological polar surface area (TPSA) is 61.7 Å².